The maximum atomic E-state index is 9.36. The second kappa shape index (κ2) is 3.59. The van der Waals surface area contributed by atoms with Gasteiger partial charge in [0, 0.05) is 12.5 Å². The summed E-state index contributed by atoms with van der Waals surface area (Å²) in [6.07, 6.45) is 0. The van der Waals surface area contributed by atoms with Crippen LogP contribution in [0.2, 0.25) is 0 Å². The second-order valence-electron chi connectivity index (χ2n) is 3.13. The molecule has 0 aromatic heterocycles. The van der Waals surface area contributed by atoms with Gasteiger partial charge in [0.1, 0.15) is 5.75 Å². The highest BCUT2D eigenvalue weighted by Crippen LogP contribution is 2.22. The zero-order chi connectivity index (χ0) is 9.14. The summed E-state index contributed by atoms with van der Waals surface area (Å²) in [7, 11) is 0. The van der Waals surface area contributed by atoms with Gasteiger partial charge < -0.3 is 10.2 Å². The van der Waals surface area contributed by atoms with Crippen molar-refractivity contribution in [3.63, 3.8) is 0 Å². The monoisotopic (exact) mass is 166 g/mol. The summed E-state index contributed by atoms with van der Waals surface area (Å²) in [5, 5.41) is 18.2. The van der Waals surface area contributed by atoms with Crippen molar-refractivity contribution in [3.05, 3.63) is 29.3 Å². The third kappa shape index (κ3) is 1.77. The van der Waals surface area contributed by atoms with E-state index < -0.39 is 0 Å². The molecule has 1 aromatic carbocycles. The summed E-state index contributed by atoms with van der Waals surface area (Å²) >= 11 is 0. The smallest absolute Gasteiger partial charge is 0.118 e. The molecule has 2 N–H and O–H groups in total. The van der Waals surface area contributed by atoms with E-state index in [2.05, 4.69) is 0 Å². The average Bonchev–Trinajstić information content (AvgIpc) is 2.08. The molecular formula is C10H14O2. The number of benzene rings is 1. The van der Waals surface area contributed by atoms with Crippen molar-refractivity contribution in [2.75, 3.05) is 6.61 Å². The fraction of sp³-hybridized carbons (Fsp3) is 0.400. The highest BCUT2D eigenvalue weighted by atomic mass is 16.3. The fourth-order valence-electron chi connectivity index (χ4n) is 1.04. The molecule has 0 fully saturated rings. The Morgan fingerprint density at radius 2 is 2.08 bits per heavy atom. The molecule has 0 radical (unpaired) electrons. The highest BCUT2D eigenvalue weighted by Gasteiger charge is 2.05. The van der Waals surface area contributed by atoms with E-state index >= 15 is 0 Å². The van der Waals surface area contributed by atoms with Crippen molar-refractivity contribution in [1.29, 1.82) is 0 Å². The van der Waals surface area contributed by atoms with E-state index in [1.165, 1.54) is 0 Å². The van der Waals surface area contributed by atoms with Crippen LogP contribution in [0.25, 0.3) is 0 Å². The molecule has 0 saturated heterocycles. The summed E-state index contributed by atoms with van der Waals surface area (Å²) in [5.41, 5.74) is 1.84. The molecule has 0 aliphatic rings. The van der Waals surface area contributed by atoms with Gasteiger partial charge in [0.15, 0.2) is 0 Å². The van der Waals surface area contributed by atoms with Gasteiger partial charge in [0.05, 0.1) is 0 Å². The van der Waals surface area contributed by atoms with Crippen LogP contribution in [0.3, 0.4) is 0 Å². The number of aliphatic hydroxyl groups excluding tert-OH is 1. The van der Waals surface area contributed by atoms with Crippen molar-refractivity contribution in [2.24, 2.45) is 0 Å². The molecule has 12 heavy (non-hydrogen) atoms. The van der Waals surface area contributed by atoms with Gasteiger partial charge in [-0.15, -0.1) is 0 Å². The molecule has 0 aliphatic carbocycles. The number of rotatable bonds is 2. The predicted molar refractivity (Wildman–Crippen MR) is 48.3 cm³/mol. The zero-order valence-electron chi connectivity index (χ0n) is 7.41. The van der Waals surface area contributed by atoms with Crippen LogP contribution in [0, 0.1) is 6.92 Å². The minimum absolute atomic E-state index is 0.0940. The van der Waals surface area contributed by atoms with Crippen molar-refractivity contribution >= 4 is 0 Å². The molecule has 1 atom stereocenters. The van der Waals surface area contributed by atoms with Gasteiger partial charge in [-0.2, -0.15) is 0 Å². The maximum Gasteiger partial charge on any atom is 0.118 e. The van der Waals surface area contributed by atoms with Crippen LogP contribution in [-0.2, 0) is 0 Å². The molecule has 66 valence electrons. The van der Waals surface area contributed by atoms with E-state index in [9.17, 15) is 5.11 Å². The van der Waals surface area contributed by atoms with Crippen LogP contribution < -0.4 is 0 Å². The summed E-state index contributed by atoms with van der Waals surface area (Å²) in [6, 6.07) is 5.49. The molecule has 0 aliphatic heterocycles. The highest BCUT2D eigenvalue weighted by molar-refractivity contribution is 5.36. The molecule has 0 bridgehead atoms. The molecule has 0 heterocycles. The van der Waals surface area contributed by atoms with Crippen molar-refractivity contribution < 1.29 is 10.2 Å². The Morgan fingerprint density at radius 3 is 2.58 bits per heavy atom. The van der Waals surface area contributed by atoms with Gasteiger partial charge >= 0.3 is 0 Å². The summed E-state index contributed by atoms with van der Waals surface area (Å²) < 4.78 is 0. The SMILES string of the molecule is Cc1ccc([C@@H](C)CO)cc1O. The minimum Gasteiger partial charge on any atom is -0.508 e. The third-order valence-corrected chi connectivity index (χ3v) is 2.08. The van der Waals surface area contributed by atoms with E-state index in [0.717, 1.165) is 11.1 Å². The van der Waals surface area contributed by atoms with Gasteiger partial charge in [-0.05, 0) is 24.1 Å². The quantitative estimate of drug-likeness (QED) is 0.703. The molecule has 2 heteroatoms. The summed E-state index contributed by atoms with van der Waals surface area (Å²) in [6.45, 7) is 3.88. The first-order chi connectivity index (χ1) is 5.65. The number of hydrogen-bond acceptors (Lipinski definition) is 2. The number of phenolic OH excluding ortho intramolecular Hbond substituents is 1. The van der Waals surface area contributed by atoms with E-state index in [1.807, 2.05) is 26.0 Å². The Morgan fingerprint density at radius 1 is 1.42 bits per heavy atom. The molecule has 0 saturated carbocycles. The lowest BCUT2D eigenvalue weighted by Gasteiger charge is -2.09. The number of hydrogen-bond donors (Lipinski definition) is 2. The first-order valence-corrected chi connectivity index (χ1v) is 4.05. The number of aromatic hydroxyl groups is 1. The lowest BCUT2D eigenvalue weighted by molar-refractivity contribution is 0.273. The van der Waals surface area contributed by atoms with Crippen LogP contribution in [0.4, 0.5) is 0 Å². The van der Waals surface area contributed by atoms with E-state index in [0.29, 0.717) is 5.75 Å². The van der Waals surface area contributed by atoms with E-state index in [1.54, 1.807) is 6.07 Å². The molecule has 0 spiro atoms. The topological polar surface area (TPSA) is 40.5 Å². The van der Waals surface area contributed by atoms with E-state index in [4.69, 9.17) is 5.11 Å². The minimum atomic E-state index is 0.0940. The van der Waals surface area contributed by atoms with Crippen LogP contribution in [0.1, 0.15) is 24.0 Å². The molecule has 1 rings (SSSR count). The Bertz CT molecular complexity index is 269. The van der Waals surface area contributed by atoms with Gasteiger partial charge in [0.25, 0.3) is 0 Å². The molecular weight excluding hydrogens is 152 g/mol. The number of phenols is 1. The second-order valence-corrected chi connectivity index (χ2v) is 3.13. The fourth-order valence-corrected chi connectivity index (χ4v) is 1.04. The summed E-state index contributed by atoms with van der Waals surface area (Å²) in [5.74, 6) is 0.393. The third-order valence-electron chi connectivity index (χ3n) is 2.08. The van der Waals surface area contributed by atoms with E-state index in [-0.39, 0.29) is 12.5 Å². The molecule has 0 unspecified atom stereocenters. The Balaban J connectivity index is 2.96. The van der Waals surface area contributed by atoms with Crippen molar-refractivity contribution in [3.8, 4) is 5.75 Å². The van der Waals surface area contributed by atoms with Gasteiger partial charge in [-0.1, -0.05) is 19.1 Å². The normalized spacial score (nSPS) is 12.9. The Kier molecular flexibility index (Phi) is 2.71. The van der Waals surface area contributed by atoms with Crippen molar-refractivity contribution in [1.82, 2.24) is 0 Å². The van der Waals surface area contributed by atoms with Crippen molar-refractivity contribution in [2.45, 2.75) is 19.8 Å². The molecule has 0 amide bonds. The van der Waals surface area contributed by atoms with Gasteiger partial charge in [0.2, 0.25) is 0 Å². The zero-order valence-corrected chi connectivity index (χ0v) is 7.41. The molecule has 2 nitrogen and oxygen atoms in total. The standard InChI is InChI=1S/C10H14O2/c1-7-3-4-9(5-10(7)12)8(2)6-11/h3-5,8,11-12H,6H2,1-2H3/t8-/m0/s1. The lowest BCUT2D eigenvalue weighted by Crippen LogP contribution is -1.98. The van der Waals surface area contributed by atoms with Crippen LogP contribution in [0.5, 0.6) is 5.75 Å². The van der Waals surface area contributed by atoms with Crippen LogP contribution in [-0.4, -0.2) is 16.8 Å². The van der Waals surface area contributed by atoms with Gasteiger partial charge in [-0.3, -0.25) is 0 Å². The predicted octanol–water partition coefficient (Wildman–Crippen LogP) is 1.80. The van der Waals surface area contributed by atoms with Gasteiger partial charge in [-0.25, -0.2) is 0 Å². The largest absolute Gasteiger partial charge is 0.508 e. The number of aryl methyl sites for hydroxylation is 1. The maximum absolute atomic E-state index is 9.36. The number of aliphatic hydroxyl groups is 1. The van der Waals surface area contributed by atoms with Crippen LogP contribution >= 0.6 is 0 Å². The Labute approximate surface area is 72.5 Å². The first kappa shape index (κ1) is 9.07. The van der Waals surface area contributed by atoms with Crippen LogP contribution in [0.15, 0.2) is 18.2 Å². The lowest BCUT2D eigenvalue weighted by atomic mass is 10.0. The average molecular weight is 166 g/mol. The Hall–Kier alpha value is -1.02. The summed E-state index contributed by atoms with van der Waals surface area (Å²) in [4.78, 5) is 0. The first-order valence-electron chi connectivity index (χ1n) is 4.05. The molecule has 1 aromatic rings.